The highest BCUT2D eigenvalue weighted by atomic mass is 35.5. The van der Waals surface area contributed by atoms with E-state index in [1.165, 1.54) is 11.8 Å². The second kappa shape index (κ2) is 7.24. The summed E-state index contributed by atoms with van der Waals surface area (Å²) in [7, 11) is 1.25. The molecule has 0 spiro atoms. The Kier molecular flexibility index (Phi) is 4.62. The van der Waals surface area contributed by atoms with Gasteiger partial charge in [0, 0.05) is 10.6 Å². The zero-order valence-corrected chi connectivity index (χ0v) is 15.4. The van der Waals surface area contributed by atoms with E-state index in [9.17, 15) is 9.59 Å². The Morgan fingerprint density at radius 2 is 1.82 bits per heavy atom. The number of ether oxygens (including phenoxy) is 1. The van der Waals surface area contributed by atoms with Gasteiger partial charge in [-0.3, -0.25) is 4.79 Å². The number of rotatable bonds is 4. The van der Waals surface area contributed by atoms with Gasteiger partial charge in [0.1, 0.15) is 11.7 Å². The number of esters is 1. The summed E-state index contributed by atoms with van der Waals surface area (Å²) in [6, 6.07) is 14.9. The van der Waals surface area contributed by atoms with Crippen molar-refractivity contribution >= 4 is 29.3 Å². The van der Waals surface area contributed by atoms with Crippen LogP contribution in [-0.2, 0) is 9.53 Å². The molecule has 0 unspecified atom stereocenters. The molecule has 1 N–H and O–H groups in total. The molecule has 1 aromatic heterocycles. The molecule has 0 fully saturated rings. The monoisotopic (exact) mass is 395 g/mol. The highest BCUT2D eigenvalue weighted by Gasteiger charge is 2.38. The van der Waals surface area contributed by atoms with Crippen molar-refractivity contribution in [2.24, 2.45) is 0 Å². The van der Waals surface area contributed by atoms with Gasteiger partial charge in [-0.25, -0.2) is 4.79 Å². The molecule has 1 aliphatic heterocycles. The Hall–Kier alpha value is -3.52. The SMILES string of the molecule is COC(=O)C1=C(C(=O)c2ccc(Cl)cc2)[C@H](c2ccccc2)n2nnnc2N1. The van der Waals surface area contributed by atoms with Crippen LogP contribution in [0.25, 0.3) is 0 Å². The quantitative estimate of drug-likeness (QED) is 0.535. The molecular weight excluding hydrogens is 382 g/mol. The third-order valence-corrected chi connectivity index (χ3v) is 4.62. The van der Waals surface area contributed by atoms with Gasteiger partial charge in [0.05, 0.1) is 12.7 Å². The van der Waals surface area contributed by atoms with Gasteiger partial charge >= 0.3 is 5.97 Å². The number of methoxy groups -OCH3 is 1. The number of carbonyl (C=O) groups is 2. The van der Waals surface area contributed by atoms with Crippen molar-refractivity contribution in [3.05, 3.63) is 82.0 Å². The molecule has 140 valence electrons. The van der Waals surface area contributed by atoms with Crippen LogP contribution in [0.15, 0.2) is 65.9 Å². The van der Waals surface area contributed by atoms with E-state index in [1.54, 1.807) is 24.3 Å². The van der Waals surface area contributed by atoms with Gasteiger partial charge in [-0.2, -0.15) is 4.68 Å². The Balaban J connectivity index is 1.94. The normalized spacial score (nSPS) is 15.6. The Morgan fingerprint density at radius 1 is 1.11 bits per heavy atom. The molecule has 0 bridgehead atoms. The lowest BCUT2D eigenvalue weighted by Crippen LogP contribution is -2.32. The van der Waals surface area contributed by atoms with Crippen molar-refractivity contribution in [3.63, 3.8) is 0 Å². The third kappa shape index (κ3) is 3.03. The first-order valence-corrected chi connectivity index (χ1v) is 8.70. The fourth-order valence-electron chi connectivity index (χ4n) is 3.09. The molecule has 1 aliphatic rings. The summed E-state index contributed by atoms with van der Waals surface area (Å²) in [5, 5.41) is 14.9. The Labute approximate surface area is 164 Å². The fraction of sp³-hybridized carbons (Fsp3) is 0.105. The molecule has 4 rings (SSSR count). The number of nitrogens with one attached hydrogen (secondary N) is 1. The predicted molar refractivity (Wildman–Crippen MR) is 101 cm³/mol. The summed E-state index contributed by atoms with van der Waals surface area (Å²) >= 11 is 5.94. The topological polar surface area (TPSA) is 99.0 Å². The highest BCUT2D eigenvalue weighted by Crippen LogP contribution is 2.36. The lowest BCUT2D eigenvalue weighted by Gasteiger charge is -2.28. The molecule has 0 aliphatic carbocycles. The van der Waals surface area contributed by atoms with Crippen LogP contribution in [0.2, 0.25) is 5.02 Å². The lowest BCUT2D eigenvalue weighted by molar-refractivity contribution is -0.136. The molecular formula is C19H14ClN5O3. The van der Waals surface area contributed by atoms with Crippen molar-refractivity contribution in [2.45, 2.75) is 6.04 Å². The molecule has 0 amide bonds. The summed E-state index contributed by atoms with van der Waals surface area (Å²) in [4.78, 5) is 25.9. The van der Waals surface area contributed by atoms with Gasteiger partial charge in [-0.15, -0.1) is 0 Å². The highest BCUT2D eigenvalue weighted by molar-refractivity contribution is 6.30. The third-order valence-electron chi connectivity index (χ3n) is 4.37. The maximum absolute atomic E-state index is 13.4. The second-order valence-corrected chi connectivity index (χ2v) is 6.44. The van der Waals surface area contributed by atoms with Crippen molar-refractivity contribution in [3.8, 4) is 0 Å². The van der Waals surface area contributed by atoms with Crippen molar-refractivity contribution in [1.82, 2.24) is 20.2 Å². The number of carbonyl (C=O) groups excluding carboxylic acids is 2. The zero-order chi connectivity index (χ0) is 19.7. The van der Waals surface area contributed by atoms with Crippen molar-refractivity contribution in [1.29, 1.82) is 0 Å². The van der Waals surface area contributed by atoms with E-state index in [0.29, 0.717) is 10.6 Å². The van der Waals surface area contributed by atoms with Crippen LogP contribution in [0.5, 0.6) is 0 Å². The average molecular weight is 396 g/mol. The van der Waals surface area contributed by atoms with Gasteiger partial charge in [-0.05, 0) is 40.3 Å². The Bertz CT molecular complexity index is 1080. The van der Waals surface area contributed by atoms with Crippen LogP contribution in [0.4, 0.5) is 5.95 Å². The molecule has 9 heteroatoms. The number of hydrogen-bond donors (Lipinski definition) is 1. The molecule has 2 heterocycles. The molecule has 2 aromatic carbocycles. The summed E-state index contributed by atoms with van der Waals surface area (Å²) in [5.74, 6) is -0.811. The molecule has 0 radical (unpaired) electrons. The summed E-state index contributed by atoms with van der Waals surface area (Å²) in [5.41, 5.74) is 1.30. The number of hydrogen-bond acceptors (Lipinski definition) is 7. The molecule has 8 nitrogen and oxygen atoms in total. The first kappa shape index (κ1) is 17.9. The second-order valence-electron chi connectivity index (χ2n) is 6.00. The number of nitrogens with zero attached hydrogens (tertiary/aromatic N) is 4. The maximum Gasteiger partial charge on any atom is 0.355 e. The number of benzene rings is 2. The number of fused-ring (bicyclic) bond motifs is 1. The predicted octanol–water partition coefficient (Wildman–Crippen LogP) is 2.65. The van der Waals surface area contributed by atoms with Crippen molar-refractivity contribution in [2.75, 3.05) is 12.4 Å². The standard InChI is InChI=1S/C19H14ClN5O3/c1-28-18(27)15-14(17(26)12-7-9-13(20)10-8-12)16(11-5-3-2-4-6-11)25-19(21-15)22-23-24-25/h2-10,16H,1H3,(H,21,22,24)/t16-/m0/s1. The number of Topliss-reactive ketones (excluding diaryl/α,β-unsaturated/α-hetero) is 1. The van der Waals surface area contributed by atoms with E-state index in [1.807, 2.05) is 30.3 Å². The van der Waals surface area contributed by atoms with Crippen LogP contribution in [0, 0.1) is 0 Å². The minimum absolute atomic E-state index is 0.00129. The number of halogens is 1. The number of allylic oxidation sites excluding steroid dienone is 1. The largest absolute Gasteiger partial charge is 0.464 e. The van der Waals surface area contributed by atoms with Crippen LogP contribution >= 0.6 is 11.6 Å². The average Bonchev–Trinajstić information content (AvgIpc) is 3.21. The lowest BCUT2D eigenvalue weighted by atomic mass is 9.89. The molecule has 1 atom stereocenters. The molecule has 28 heavy (non-hydrogen) atoms. The van der Waals surface area contributed by atoms with Crippen LogP contribution in [0.1, 0.15) is 22.0 Å². The molecule has 3 aromatic rings. The number of anilines is 1. The van der Waals surface area contributed by atoms with Gasteiger partial charge in [0.25, 0.3) is 0 Å². The maximum atomic E-state index is 13.4. The first-order valence-electron chi connectivity index (χ1n) is 8.32. The summed E-state index contributed by atoms with van der Waals surface area (Å²) in [6.07, 6.45) is 0. The summed E-state index contributed by atoms with van der Waals surface area (Å²) < 4.78 is 6.35. The van der Waals surface area contributed by atoms with Crippen LogP contribution in [0.3, 0.4) is 0 Å². The minimum Gasteiger partial charge on any atom is -0.464 e. The van der Waals surface area contributed by atoms with Crippen LogP contribution < -0.4 is 5.32 Å². The fourth-order valence-corrected chi connectivity index (χ4v) is 3.21. The number of ketones is 1. The minimum atomic E-state index is -0.704. The van der Waals surface area contributed by atoms with Gasteiger partial charge in [0.15, 0.2) is 5.78 Å². The van der Waals surface area contributed by atoms with E-state index < -0.39 is 12.0 Å². The zero-order valence-electron chi connectivity index (χ0n) is 14.7. The Morgan fingerprint density at radius 3 is 2.50 bits per heavy atom. The number of tetrazole rings is 1. The van der Waals surface area contributed by atoms with E-state index in [0.717, 1.165) is 5.56 Å². The van der Waals surface area contributed by atoms with E-state index in [-0.39, 0.29) is 23.0 Å². The first-order chi connectivity index (χ1) is 13.6. The van der Waals surface area contributed by atoms with E-state index in [4.69, 9.17) is 16.3 Å². The van der Waals surface area contributed by atoms with Crippen LogP contribution in [-0.4, -0.2) is 39.1 Å². The smallest absolute Gasteiger partial charge is 0.355 e. The van der Waals surface area contributed by atoms with Crippen molar-refractivity contribution < 1.29 is 14.3 Å². The van der Waals surface area contributed by atoms with E-state index >= 15 is 0 Å². The van der Waals surface area contributed by atoms with Gasteiger partial charge in [-0.1, -0.05) is 47.0 Å². The number of aromatic nitrogens is 4. The molecule has 0 saturated carbocycles. The van der Waals surface area contributed by atoms with Gasteiger partial charge < -0.3 is 10.1 Å². The van der Waals surface area contributed by atoms with Gasteiger partial charge in [0.2, 0.25) is 5.95 Å². The molecule has 0 saturated heterocycles. The summed E-state index contributed by atoms with van der Waals surface area (Å²) in [6.45, 7) is 0. The van der Waals surface area contributed by atoms with E-state index in [2.05, 4.69) is 20.8 Å².